The molecule has 1 aromatic rings. The Morgan fingerprint density at radius 1 is 1.39 bits per heavy atom. The molecule has 96 valence electrons. The summed E-state index contributed by atoms with van der Waals surface area (Å²) in [5, 5.41) is 9.88. The van der Waals surface area contributed by atoms with Gasteiger partial charge in [-0.3, -0.25) is 9.69 Å². The third-order valence-electron chi connectivity index (χ3n) is 2.85. The quantitative estimate of drug-likeness (QED) is 0.808. The predicted octanol–water partition coefficient (Wildman–Crippen LogP) is 0.753. The van der Waals surface area contributed by atoms with Crippen LogP contribution in [0.5, 0.6) is 0 Å². The summed E-state index contributed by atoms with van der Waals surface area (Å²) in [6.45, 7) is -0.244. The Balaban J connectivity index is 2.13. The highest BCUT2D eigenvalue weighted by atomic mass is 19.1. The molecule has 3 amide bonds. The van der Waals surface area contributed by atoms with Crippen molar-refractivity contribution < 1.29 is 19.1 Å². The lowest BCUT2D eigenvalue weighted by molar-refractivity contribution is -0.126. The van der Waals surface area contributed by atoms with E-state index < -0.39 is 23.9 Å². The zero-order valence-electron chi connectivity index (χ0n) is 9.84. The summed E-state index contributed by atoms with van der Waals surface area (Å²) in [7, 11) is 1.50. The van der Waals surface area contributed by atoms with Crippen molar-refractivity contribution in [2.24, 2.45) is 0 Å². The van der Waals surface area contributed by atoms with Gasteiger partial charge in [-0.1, -0.05) is 18.2 Å². The number of rotatable bonds is 3. The molecule has 0 bridgehead atoms. The van der Waals surface area contributed by atoms with Gasteiger partial charge in [-0.25, -0.2) is 9.18 Å². The smallest absolute Gasteiger partial charge is 0.327 e. The van der Waals surface area contributed by atoms with Crippen molar-refractivity contribution >= 4 is 11.9 Å². The first-order chi connectivity index (χ1) is 8.50. The number of carbonyl (C=O) groups excluding carboxylic acids is 2. The monoisotopic (exact) mass is 252 g/mol. The van der Waals surface area contributed by atoms with Gasteiger partial charge in [-0.2, -0.15) is 0 Å². The normalized spacial score (nSPS) is 17.5. The van der Waals surface area contributed by atoms with E-state index in [1.807, 2.05) is 0 Å². The van der Waals surface area contributed by atoms with Crippen molar-refractivity contribution in [2.75, 3.05) is 20.1 Å². The number of hydrogen-bond donors (Lipinski definition) is 1. The number of carbonyl (C=O) groups is 2. The summed E-state index contributed by atoms with van der Waals surface area (Å²) >= 11 is 0. The lowest BCUT2D eigenvalue weighted by Crippen LogP contribution is -2.35. The number of nitrogens with zero attached hydrogens (tertiary/aromatic N) is 2. The molecular formula is C12H13FN2O3. The van der Waals surface area contributed by atoms with Gasteiger partial charge < -0.3 is 10.0 Å². The maximum atomic E-state index is 13.4. The minimum absolute atomic E-state index is 0.0111. The van der Waals surface area contributed by atoms with Gasteiger partial charge in [-0.15, -0.1) is 0 Å². The molecule has 0 spiro atoms. The second-order valence-electron chi connectivity index (χ2n) is 4.18. The van der Waals surface area contributed by atoms with E-state index in [1.54, 1.807) is 6.07 Å². The third kappa shape index (κ3) is 2.19. The fourth-order valence-electron chi connectivity index (χ4n) is 1.87. The van der Waals surface area contributed by atoms with Gasteiger partial charge in [0, 0.05) is 12.6 Å². The van der Waals surface area contributed by atoms with E-state index in [0.29, 0.717) is 0 Å². The Morgan fingerprint density at radius 3 is 2.61 bits per heavy atom. The van der Waals surface area contributed by atoms with E-state index in [1.165, 1.54) is 30.1 Å². The van der Waals surface area contributed by atoms with Crippen molar-refractivity contribution in [1.29, 1.82) is 0 Å². The Bertz CT molecular complexity index is 492. The van der Waals surface area contributed by atoms with Crippen molar-refractivity contribution in [2.45, 2.75) is 6.10 Å². The van der Waals surface area contributed by atoms with Crippen LogP contribution in [0.15, 0.2) is 24.3 Å². The summed E-state index contributed by atoms with van der Waals surface area (Å²) < 4.78 is 13.4. The van der Waals surface area contributed by atoms with Crippen molar-refractivity contribution in [3.63, 3.8) is 0 Å². The van der Waals surface area contributed by atoms with Gasteiger partial charge in [0.05, 0.1) is 12.6 Å². The molecule has 2 rings (SSSR count). The molecule has 0 unspecified atom stereocenters. The van der Waals surface area contributed by atoms with Gasteiger partial charge in [0.15, 0.2) is 0 Å². The van der Waals surface area contributed by atoms with Crippen LogP contribution in [-0.2, 0) is 4.79 Å². The molecule has 1 aliphatic rings. The van der Waals surface area contributed by atoms with Crippen LogP contribution >= 0.6 is 0 Å². The standard InChI is InChI=1S/C12H13FN2O3/c1-14-7-11(17)15(12(14)18)6-10(16)8-4-2-3-5-9(8)13/h2-5,10,16H,6-7H2,1H3/t10-/m1/s1. The number of likely N-dealkylation sites (N-methyl/N-ethyl adjacent to an activating group) is 1. The number of amides is 3. The summed E-state index contributed by atoms with van der Waals surface area (Å²) in [6, 6.07) is 5.26. The number of imide groups is 1. The van der Waals surface area contributed by atoms with E-state index in [2.05, 4.69) is 0 Å². The van der Waals surface area contributed by atoms with Crippen LogP contribution in [0.2, 0.25) is 0 Å². The molecule has 0 radical (unpaired) electrons. The number of halogens is 1. The van der Waals surface area contributed by atoms with E-state index in [0.717, 1.165) is 4.90 Å². The number of benzene rings is 1. The molecule has 0 aromatic heterocycles. The van der Waals surface area contributed by atoms with Crippen LogP contribution in [0.4, 0.5) is 9.18 Å². The zero-order valence-corrected chi connectivity index (χ0v) is 9.84. The molecule has 1 aromatic carbocycles. The van der Waals surface area contributed by atoms with Crippen molar-refractivity contribution in [3.05, 3.63) is 35.6 Å². The maximum absolute atomic E-state index is 13.4. The summed E-state index contributed by atoms with van der Waals surface area (Å²) in [5.41, 5.74) is 0.0765. The first-order valence-corrected chi connectivity index (χ1v) is 5.48. The Hall–Kier alpha value is -1.95. The minimum atomic E-state index is -1.22. The molecule has 1 aliphatic heterocycles. The van der Waals surface area contributed by atoms with Gasteiger partial charge >= 0.3 is 6.03 Å². The predicted molar refractivity (Wildman–Crippen MR) is 61.1 cm³/mol. The zero-order chi connectivity index (χ0) is 13.3. The molecule has 5 nitrogen and oxygen atoms in total. The van der Waals surface area contributed by atoms with Crippen molar-refractivity contribution in [1.82, 2.24) is 9.80 Å². The Morgan fingerprint density at radius 2 is 2.06 bits per heavy atom. The van der Waals surface area contributed by atoms with Gasteiger partial charge in [0.2, 0.25) is 5.91 Å². The lowest BCUT2D eigenvalue weighted by Gasteiger charge is -2.18. The SMILES string of the molecule is CN1CC(=O)N(C[C@@H](O)c2ccccc2F)C1=O. The fourth-order valence-corrected chi connectivity index (χ4v) is 1.87. The molecule has 1 fully saturated rings. The molecule has 1 heterocycles. The van der Waals surface area contributed by atoms with E-state index in [9.17, 15) is 19.1 Å². The minimum Gasteiger partial charge on any atom is -0.386 e. The van der Waals surface area contributed by atoms with Gasteiger partial charge in [0.25, 0.3) is 0 Å². The summed E-state index contributed by atoms with van der Waals surface area (Å²) in [4.78, 5) is 25.3. The van der Waals surface area contributed by atoms with Crippen molar-refractivity contribution in [3.8, 4) is 0 Å². The molecule has 1 atom stereocenters. The maximum Gasteiger partial charge on any atom is 0.327 e. The van der Waals surface area contributed by atoms with Gasteiger partial charge in [0.1, 0.15) is 12.4 Å². The average Bonchev–Trinajstić information content (AvgIpc) is 2.56. The van der Waals surface area contributed by atoms with Crippen LogP contribution in [0.25, 0.3) is 0 Å². The van der Waals surface area contributed by atoms with E-state index >= 15 is 0 Å². The number of aliphatic hydroxyl groups excluding tert-OH is 1. The molecule has 1 saturated heterocycles. The molecular weight excluding hydrogens is 239 g/mol. The highest BCUT2D eigenvalue weighted by molar-refractivity contribution is 6.01. The largest absolute Gasteiger partial charge is 0.386 e. The average molecular weight is 252 g/mol. The van der Waals surface area contributed by atoms with Crippen LogP contribution in [0.3, 0.4) is 0 Å². The Labute approximate surface area is 103 Å². The van der Waals surface area contributed by atoms with Gasteiger partial charge in [-0.05, 0) is 6.07 Å². The first-order valence-electron chi connectivity index (χ1n) is 5.48. The first kappa shape index (κ1) is 12.5. The molecule has 1 N–H and O–H groups in total. The topological polar surface area (TPSA) is 60.9 Å². The highest BCUT2D eigenvalue weighted by Gasteiger charge is 2.35. The molecule has 0 aliphatic carbocycles. The van der Waals surface area contributed by atoms with Crippen LogP contribution < -0.4 is 0 Å². The van der Waals surface area contributed by atoms with Crippen LogP contribution in [0, 0.1) is 5.82 Å². The fraction of sp³-hybridized carbons (Fsp3) is 0.333. The third-order valence-corrected chi connectivity index (χ3v) is 2.85. The number of β-amino-alcohol motifs (C(OH)–C–C–N with tert-alkyl or cyclic N) is 1. The number of urea groups is 1. The highest BCUT2D eigenvalue weighted by Crippen LogP contribution is 2.20. The summed E-state index contributed by atoms with van der Waals surface area (Å²) in [6.07, 6.45) is -1.22. The second kappa shape index (κ2) is 4.73. The molecule has 6 heteroatoms. The van der Waals surface area contributed by atoms with Crippen LogP contribution in [-0.4, -0.2) is 47.0 Å². The van der Waals surface area contributed by atoms with Crippen LogP contribution in [0.1, 0.15) is 11.7 Å². The second-order valence-corrected chi connectivity index (χ2v) is 4.18. The number of hydrogen-bond acceptors (Lipinski definition) is 3. The van der Waals surface area contributed by atoms with E-state index in [4.69, 9.17) is 0 Å². The lowest BCUT2D eigenvalue weighted by atomic mass is 10.1. The summed E-state index contributed by atoms with van der Waals surface area (Å²) in [5.74, 6) is -0.949. The Kier molecular flexibility index (Phi) is 3.29. The molecule has 18 heavy (non-hydrogen) atoms. The van der Waals surface area contributed by atoms with E-state index in [-0.39, 0.29) is 18.7 Å². The number of aliphatic hydroxyl groups is 1. The molecule has 0 saturated carbocycles.